The van der Waals surface area contributed by atoms with Crippen molar-refractivity contribution in [1.82, 2.24) is 10.1 Å². The molecule has 1 aromatic rings. The molecule has 2 N–H and O–H groups in total. The summed E-state index contributed by atoms with van der Waals surface area (Å²) >= 11 is 0. The number of hydrogen-bond donors (Lipinski definition) is 2. The number of aromatic nitrogens is 2. The molecule has 1 aromatic heterocycles. The van der Waals surface area contributed by atoms with Gasteiger partial charge in [-0.05, 0) is 31.6 Å². The number of hydrogen-bond acceptors (Lipinski definition) is 5. The van der Waals surface area contributed by atoms with Crippen LogP contribution in [0.1, 0.15) is 26.1 Å². The lowest BCUT2D eigenvalue weighted by atomic mass is 10.3. The summed E-state index contributed by atoms with van der Waals surface area (Å²) in [6.45, 7) is 7.16. The largest absolute Gasteiger partial charge is 0.509 e. The van der Waals surface area contributed by atoms with Crippen LogP contribution in [0.3, 0.4) is 0 Å². The Labute approximate surface area is 128 Å². The number of rotatable bonds is 8. The normalized spacial score (nSPS) is 13.6. The smallest absolute Gasteiger partial charge is 0.438 e. The Morgan fingerprint density at radius 1 is 1.45 bits per heavy atom. The zero-order valence-corrected chi connectivity index (χ0v) is 12.7. The third-order valence-corrected chi connectivity index (χ3v) is 2.45. The van der Waals surface area contributed by atoms with Crippen molar-refractivity contribution in [3.8, 4) is 0 Å². The first kappa shape index (κ1) is 17.3. The number of nitrogens with one attached hydrogen (secondary N) is 1. The van der Waals surface area contributed by atoms with Crippen molar-refractivity contribution in [2.45, 2.75) is 26.7 Å². The molecule has 0 amide bonds. The van der Waals surface area contributed by atoms with Crippen LogP contribution in [0.2, 0.25) is 0 Å². The molecule has 0 fully saturated rings. The summed E-state index contributed by atoms with van der Waals surface area (Å²) in [4.78, 5) is 13.3. The second-order valence-corrected chi connectivity index (χ2v) is 4.32. The van der Waals surface area contributed by atoms with E-state index in [9.17, 15) is 9.90 Å². The third kappa shape index (κ3) is 6.13. The highest BCUT2D eigenvalue weighted by atomic mass is 16.5. The van der Waals surface area contributed by atoms with Crippen LogP contribution in [0.4, 0.5) is 0 Å². The van der Waals surface area contributed by atoms with Gasteiger partial charge < -0.3 is 9.84 Å². The van der Waals surface area contributed by atoms with Crippen molar-refractivity contribution in [2.75, 3.05) is 0 Å². The predicted molar refractivity (Wildman–Crippen MR) is 84.1 cm³/mol. The van der Waals surface area contributed by atoms with Gasteiger partial charge in [0.05, 0.1) is 0 Å². The molecule has 22 heavy (non-hydrogen) atoms. The van der Waals surface area contributed by atoms with Gasteiger partial charge >= 0.3 is 5.76 Å². The highest BCUT2D eigenvalue weighted by Crippen LogP contribution is 2.13. The van der Waals surface area contributed by atoms with Gasteiger partial charge in [0.15, 0.2) is 11.6 Å². The zero-order chi connectivity index (χ0) is 16.4. The van der Waals surface area contributed by atoms with E-state index in [0.717, 1.165) is 6.42 Å². The van der Waals surface area contributed by atoms with Crippen LogP contribution in [0, 0.1) is 0 Å². The minimum absolute atomic E-state index is 0.0777. The average molecular weight is 304 g/mol. The van der Waals surface area contributed by atoms with E-state index in [2.05, 4.69) is 21.2 Å². The summed E-state index contributed by atoms with van der Waals surface area (Å²) in [5.74, 6) is 0.750. The lowest BCUT2D eigenvalue weighted by molar-refractivity contribution is 0.290. The molecule has 0 aliphatic rings. The first-order valence-electron chi connectivity index (χ1n) is 6.85. The molecule has 6 heteroatoms. The molecule has 0 spiro atoms. The maximum Gasteiger partial charge on any atom is 0.438 e. The summed E-state index contributed by atoms with van der Waals surface area (Å²) in [7, 11) is 0. The van der Waals surface area contributed by atoms with Crippen LogP contribution in [0.5, 0.6) is 0 Å². The molecule has 0 aliphatic carbocycles. The quantitative estimate of drug-likeness (QED) is 0.568. The van der Waals surface area contributed by atoms with Crippen molar-refractivity contribution in [3.63, 3.8) is 0 Å². The summed E-state index contributed by atoms with van der Waals surface area (Å²) in [5, 5.41) is 13.2. The van der Waals surface area contributed by atoms with Crippen molar-refractivity contribution < 1.29 is 14.4 Å². The molecule has 0 atom stereocenters. The van der Waals surface area contributed by atoms with Gasteiger partial charge in [-0.15, -0.1) is 0 Å². The van der Waals surface area contributed by atoms with Crippen LogP contribution < -0.4 is 5.76 Å². The molecule has 6 nitrogen and oxygen atoms in total. The molecule has 1 rings (SSSR count). The Kier molecular flexibility index (Phi) is 7.25. The van der Waals surface area contributed by atoms with Crippen molar-refractivity contribution in [1.29, 1.82) is 0 Å². The molecule has 0 saturated carbocycles. The van der Waals surface area contributed by atoms with Crippen molar-refractivity contribution >= 4 is 0 Å². The zero-order valence-electron chi connectivity index (χ0n) is 12.7. The molecule has 0 unspecified atom stereocenters. The van der Waals surface area contributed by atoms with Gasteiger partial charge in [0.2, 0.25) is 0 Å². The molecule has 118 valence electrons. The van der Waals surface area contributed by atoms with Crippen molar-refractivity contribution in [3.05, 3.63) is 76.7 Å². The molecule has 0 bridgehead atoms. The van der Waals surface area contributed by atoms with Gasteiger partial charge in [0.1, 0.15) is 11.5 Å². The number of allylic oxidation sites excluding steroid dienone is 7. The van der Waals surface area contributed by atoms with Crippen LogP contribution in [-0.2, 0) is 11.2 Å². The van der Waals surface area contributed by atoms with Crippen LogP contribution >= 0.6 is 0 Å². The van der Waals surface area contributed by atoms with Gasteiger partial charge in [-0.25, -0.2) is 4.79 Å². The second kappa shape index (κ2) is 9.23. The molecular formula is C16H20N2O4. The molecule has 0 aliphatic heterocycles. The Balaban J connectivity index is 2.79. The Morgan fingerprint density at radius 3 is 2.77 bits per heavy atom. The third-order valence-electron chi connectivity index (χ3n) is 2.45. The molecule has 0 radical (unpaired) electrons. The number of aliphatic hydroxyl groups excluding tert-OH is 1. The lowest BCUT2D eigenvalue weighted by Gasteiger charge is -2.08. The van der Waals surface area contributed by atoms with E-state index in [1.165, 1.54) is 0 Å². The van der Waals surface area contributed by atoms with Gasteiger partial charge in [-0.3, -0.25) is 9.51 Å². The van der Waals surface area contributed by atoms with E-state index < -0.39 is 5.76 Å². The average Bonchev–Trinajstić information content (AvgIpc) is 2.88. The maximum atomic E-state index is 10.8. The second-order valence-electron chi connectivity index (χ2n) is 4.32. The SMILES string of the molecule is C=C/C=C(\C=C/Cc1noc(=O)[nH]1)OC(/C=C\CC)=C(/C)O. The molecule has 1 heterocycles. The molecule has 0 saturated heterocycles. The minimum atomic E-state index is -0.590. The first-order valence-corrected chi connectivity index (χ1v) is 6.85. The number of aromatic amines is 1. The van der Waals surface area contributed by atoms with Crippen molar-refractivity contribution in [2.24, 2.45) is 0 Å². The Bertz CT molecular complexity index is 656. The number of H-pyrrole nitrogens is 1. The van der Waals surface area contributed by atoms with E-state index >= 15 is 0 Å². The summed E-state index contributed by atoms with van der Waals surface area (Å²) in [6, 6.07) is 0. The van der Waals surface area contributed by atoms with Gasteiger partial charge in [-0.2, -0.15) is 0 Å². The van der Waals surface area contributed by atoms with Gasteiger partial charge in [-0.1, -0.05) is 36.9 Å². The van der Waals surface area contributed by atoms with E-state index in [-0.39, 0.29) is 5.76 Å². The predicted octanol–water partition coefficient (Wildman–Crippen LogP) is 3.30. The topological polar surface area (TPSA) is 88.4 Å². The highest BCUT2D eigenvalue weighted by molar-refractivity contribution is 5.24. The number of nitrogens with zero attached hydrogens (tertiary/aromatic N) is 1. The Morgan fingerprint density at radius 2 is 2.23 bits per heavy atom. The van der Waals surface area contributed by atoms with Crippen LogP contribution in [0.25, 0.3) is 0 Å². The fourth-order valence-electron chi connectivity index (χ4n) is 1.46. The first-order chi connectivity index (χ1) is 10.6. The van der Waals surface area contributed by atoms with Gasteiger partial charge in [0.25, 0.3) is 0 Å². The number of ether oxygens (including phenoxy) is 1. The fourth-order valence-corrected chi connectivity index (χ4v) is 1.46. The van der Waals surface area contributed by atoms with E-state index in [1.807, 2.05) is 13.0 Å². The van der Waals surface area contributed by atoms with E-state index in [1.54, 1.807) is 37.3 Å². The summed E-state index contributed by atoms with van der Waals surface area (Å²) in [5.41, 5.74) is 0. The minimum Gasteiger partial charge on any atom is -0.509 e. The highest BCUT2D eigenvalue weighted by Gasteiger charge is 2.02. The summed E-state index contributed by atoms with van der Waals surface area (Å²) < 4.78 is 10.0. The maximum absolute atomic E-state index is 10.8. The standard InChI is InChI=1S/C16H20N2O4/c1-4-6-10-14(12(3)19)21-13(8-5-2)9-7-11-15-17-16(20)22-18-15/h5-10,19H,2,4,11H2,1,3H3,(H,17,18,20)/b9-7-,10-6-,13-8+,14-12-. The monoisotopic (exact) mass is 304 g/mol. The number of aliphatic hydroxyl groups is 1. The summed E-state index contributed by atoms with van der Waals surface area (Å²) in [6.07, 6.45) is 11.5. The fraction of sp³-hybridized carbons (Fsp3) is 0.250. The lowest BCUT2D eigenvalue weighted by Crippen LogP contribution is -1.96. The van der Waals surface area contributed by atoms with Gasteiger partial charge in [0, 0.05) is 6.42 Å². The molecule has 0 aromatic carbocycles. The van der Waals surface area contributed by atoms with E-state index in [4.69, 9.17) is 4.74 Å². The van der Waals surface area contributed by atoms with Crippen LogP contribution in [-0.4, -0.2) is 15.2 Å². The van der Waals surface area contributed by atoms with E-state index in [0.29, 0.717) is 23.8 Å². The molecular weight excluding hydrogens is 284 g/mol. The Hall–Kier alpha value is -2.76. The van der Waals surface area contributed by atoms with Crippen LogP contribution in [0.15, 0.2) is 69.6 Å².